The Morgan fingerprint density at radius 1 is 0.800 bits per heavy atom. The fourth-order valence-corrected chi connectivity index (χ4v) is 10.6. The molecule has 1 fully saturated rings. The van der Waals surface area contributed by atoms with Gasteiger partial charge in [0.2, 0.25) is 0 Å². The van der Waals surface area contributed by atoms with Gasteiger partial charge in [-0.15, -0.1) is 0 Å². The van der Waals surface area contributed by atoms with E-state index in [2.05, 4.69) is 43.9 Å². The molecule has 0 bridgehead atoms. The third kappa shape index (κ3) is 18.5. The molecule has 0 unspecified atom stereocenters. The first-order chi connectivity index (χ1) is 6.21. The molecule has 87 valence electrons. The fraction of sp³-hybridized carbons (Fsp3) is 1.00. The summed E-state index contributed by atoms with van der Waals surface area (Å²) in [5.41, 5.74) is 0. The number of nitrogens with one attached hydrogen (secondary N) is 1. The van der Waals surface area contributed by atoms with Gasteiger partial charge in [0.05, 0.1) is 0 Å². The van der Waals surface area contributed by atoms with Crippen molar-refractivity contribution in [2.24, 2.45) is 0 Å². The van der Waals surface area contributed by atoms with Crippen LogP contribution in [0.25, 0.3) is 0 Å². The topological polar surface area (TPSA) is 21.3 Å². The number of hydrogen-bond donors (Lipinski definition) is 1. The molecule has 1 heterocycles. The summed E-state index contributed by atoms with van der Waals surface area (Å²) in [6, 6.07) is 0. The molecule has 0 spiro atoms. The number of hydrogen-bond acceptors (Lipinski definition) is 2. The van der Waals surface area contributed by atoms with Crippen molar-refractivity contribution in [3.8, 4) is 0 Å². The van der Waals surface area contributed by atoms with Crippen molar-refractivity contribution in [2.45, 2.75) is 52.1 Å². The molecule has 0 atom stereocenters. The van der Waals surface area contributed by atoms with Crippen LogP contribution < -0.4 is 4.65 Å². The van der Waals surface area contributed by atoms with Crippen molar-refractivity contribution in [2.75, 3.05) is 13.2 Å². The molecule has 5 heteroatoms. The van der Waals surface area contributed by atoms with Crippen LogP contribution in [-0.4, -0.2) is 81.1 Å². The second kappa shape index (κ2) is 8.99. The van der Waals surface area contributed by atoms with Gasteiger partial charge in [0.15, 0.2) is 0 Å². The average Bonchev–Trinajstić information content (AvgIpc) is 2.29. The fourth-order valence-electron chi connectivity index (χ4n) is 1.64. The van der Waals surface area contributed by atoms with Crippen molar-refractivity contribution in [1.29, 1.82) is 0 Å². The Balaban J connectivity index is 0. The smallest absolute Gasteiger partial charge is 0.109 e. The first kappa shape index (κ1) is 19.3. The van der Waals surface area contributed by atoms with Gasteiger partial charge in [-0.25, -0.2) is 0 Å². The molecule has 15 heavy (non-hydrogen) atoms. The van der Waals surface area contributed by atoms with Crippen molar-refractivity contribution >= 4 is 67.9 Å². The summed E-state index contributed by atoms with van der Waals surface area (Å²) in [5, 5.41) is 0. The molecule has 1 N–H and O–H groups in total. The number of ether oxygens (including phenoxy) is 1. The Morgan fingerprint density at radius 2 is 1.13 bits per heavy atom. The van der Waals surface area contributed by atoms with E-state index in [0.717, 1.165) is 13.2 Å². The summed E-state index contributed by atoms with van der Waals surface area (Å²) in [6.45, 7) is 16.1. The molecule has 2 nitrogen and oxygen atoms in total. The Bertz CT molecular complexity index is 131. The van der Waals surface area contributed by atoms with Crippen LogP contribution in [0.5, 0.6) is 0 Å². The van der Waals surface area contributed by atoms with Crippen LogP contribution in [0, 0.1) is 0 Å². The van der Waals surface area contributed by atoms with E-state index in [4.69, 9.17) is 4.74 Å². The van der Waals surface area contributed by atoms with Crippen LogP contribution in [0.3, 0.4) is 0 Å². The van der Waals surface area contributed by atoms with Crippen LogP contribution in [0.15, 0.2) is 0 Å². The molecular formula is C10H27KNOSi2. The van der Waals surface area contributed by atoms with E-state index >= 15 is 0 Å². The van der Waals surface area contributed by atoms with E-state index < -0.39 is 16.5 Å². The minimum atomic E-state index is -0.981. The molecule has 1 aliphatic rings. The second-order valence-electron chi connectivity index (χ2n) is 5.94. The normalized spacial score (nSPS) is 16.4. The van der Waals surface area contributed by atoms with Crippen LogP contribution >= 0.6 is 0 Å². The van der Waals surface area contributed by atoms with Crippen molar-refractivity contribution in [3.63, 3.8) is 0 Å². The van der Waals surface area contributed by atoms with Crippen molar-refractivity contribution in [3.05, 3.63) is 0 Å². The monoisotopic (exact) mass is 272 g/mol. The van der Waals surface area contributed by atoms with Gasteiger partial charge in [0, 0.05) is 64.6 Å². The summed E-state index contributed by atoms with van der Waals surface area (Å²) >= 11 is 0. The number of rotatable bonds is 2. The minimum absolute atomic E-state index is 0. The predicted octanol–water partition coefficient (Wildman–Crippen LogP) is 2.66. The van der Waals surface area contributed by atoms with E-state index in [1.165, 1.54) is 12.8 Å². The van der Waals surface area contributed by atoms with Gasteiger partial charge < -0.3 is 9.38 Å². The summed E-state index contributed by atoms with van der Waals surface area (Å²) in [5.74, 6) is 0. The van der Waals surface area contributed by atoms with E-state index in [9.17, 15) is 0 Å². The van der Waals surface area contributed by atoms with Gasteiger partial charge in [0.25, 0.3) is 0 Å². The quantitative estimate of drug-likeness (QED) is 0.781. The van der Waals surface area contributed by atoms with E-state index in [0.29, 0.717) is 0 Å². The summed E-state index contributed by atoms with van der Waals surface area (Å²) < 4.78 is 8.68. The van der Waals surface area contributed by atoms with Gasteiger partial charge >= 0.3 is 0 Å². The van der Waals surface area contributed by atoms with Gasteiger partial charge in [-0.05, 0) is 12.8 Å². The van der Waals surface area contributed by atoms with Crippen LogP contribution in [0.2, 0.25) is 39.3 Å². The maximum Gasteiger partial charge on any atom is 0.109 e. The summed E-state index contributed by atoms with van der Waals surface area (Å²) in [4.78, 5) is 0. The molecule has 0 saturated carbocycles. The van der Waals surface area contributed by atoms with Crippen LogP contribution in [0.4, 0.5) is 0 Å². The molecule has 0 aromatic rings. The molecule has 1 saturated heterocycles. The van der Waals surface area contributed by atoms with Crippen LogP contribution in [-0.2, 0) is 4.74 Å². The largest absolute Gasteiger partial charge is 0.381 e. The SMILES string of the molecule is C1CCOC1.C[Si](C)(C)N[Si](C)(C)C.[K]. The summed E-state index contributed by atoms with van der Waals surface area (Å²) in [7, 11) is -1.96. The molecule has 0 amide bonds. The Morgan fingerprint density at radius 3 is 1.20 bits per heavy atom. The first-order valence-electron chi connectivity index (χ1n) is 5.58. The molecular weight excluding hydrogens is 245 g/mol. The van der Waals surface area contributed by atoms with E-state index in [1.807, 2.05) is 0 Å². The zero-order chi connectivity index (χ0) is 11.2. The molecule has 1 rings (SSSR count). The Hall–Kier alpha value is 1.99. The van der Waals surface area contributed by atoms with Gasteiger partial charge in [-0.3, -0.25) is 0 Å². The Labute approximate surface area is 141 Å². The molecule has 1 radical (unpaired) electrons. The van der Waals surface area contributed by atoms with Gasteiger partial charge in [-0.1, -0.05) is 39.3 Å². The van der Waals surface area contributed by atoms with Crippen molar-refractivity contribution in [1.82, 2.24) is 4.65 Å². The van der Waals surface area contributed by atoms with Crippen molar-refractivity contribution < 1.29 is 4.74 Å². The Kier molecular flexibility index (Phi) is 11.6. The first-order valence-corrected chi connectivity index (χ1v) is 12.6. The van der Waals surface area contributed by atoms with Crippen LogP contribution in [0.1, 0.15) is 12.8 Å². The maximum absolute atomic E-state index is 4.94. The zero-order valence-electron chi connectivity index (χ0n) is 11.7. The third-order valence-electron chi connectivity index (χ3n) is 1.58. The minimum Gasteiger partial charge on any atom is -0.381 e. The van der Waals surface area contributed by atoms with E-state index in [-0.39, 0.29) is 51.4 Å². The van der Waals surface area contributed by atoms with E-state index in [1.54, 1.807) is 0 Å². The maximum atomic E-state index is 4.94. The van der Waals surface area contributed by atoms with Gasteiger partial charge in [0.1, 0.15) is 16.5 Å². The third-order valence-corrected chi connectivity index (χ3v) is 7.58. The molecule has 0 aromatic carbocycles. The second-order valence-corrected chi connectivity index (χ2v) is 15.9. The average molecular weight is 273 g/mol. The molecule has 1 aliphatic heterocycles. The zero-order valence-corrected chi connectivity index (χ0v) is 16.9. The van der Waals surface area contributed by atoms with Gasteiger partial charge in [-0.2, -0.15) is 0 Å². The standard InChI is InChI=1S/C6H19NSi2.C4H8O.K/c1-8(2,3)7-9(4,5)6;1-2-4-5-3-1;/h7H,1-6H3;1-4H2;. The molecule has 0 aliphatic carbocycles. The molecule has 0 aromatic heterocycles. The predicted molar refractivity (Wildman–Crippen MR) is 75.6 cm³/mol. The summed E-state index contributed by atoms with van der Waals surface area (Å²) in [6.07, 6.45) is 2.56.